The van der Waals surface area contributed by atoms with Gasteiger partial charge in [0.15, 0.2) is 0 Å². The van der Waals surface area contributed by atoms with E-state index in [1.165, 1.54) is 11.1 Å². The van der Waals surface area contributed by atoms with Crippen molar-refractivity contribution in [2.75, 3.05) is 11.8 Å². The Bertz CT molecular complexity index is 685. The van der Waals surface area contributed by atoms with Crippen LogP contribution in [0.5, 0.6) is 5.75 Å². The van der Waals surface area contributed by atoms with E-state index < -0.39 is 7.52 Å². The number of hydrogen-bond donors (Lipinski definition) is 1. The van der Waals surface area contributed by atoms with Crippen LogP contribution in [-0.4, -0.2) is 6.66 Å². The molecule has 1 N–H and O–H groups in total. The Kier molecular flexibility index (Phi) is 4.97. The molecule has 0 unspecified atom stereocenters. The average molecular weight is 317 g/mol. The summed E-state index contributed by atoms with van der Waals surface area (Å²) in [5.74, 6) is 0.623. The first-order valence-electron chi connectivity index (χ1n) is 7.53. The molecule has 0 amide bonds. The fraction of sp³-hybridized carbons (Fsp3) is 0.333. The van der Waals surface area contributed by atoms with E-state index in [1.54, 1.807) is 6.66 Å². The molecule has 0 aliphatic carbocycles. The van der Waals surface area contributed by atoms with E-state index in [1.807, 2.05) is 38.1 Å². The Balaban J connectivity index is 2.18. The predicted molar refractivity (Wildman–Crippen MR) is 94.3 cm³/mol. The summed E-state index contributed by atoms with van der Waals surface area (Å²) in [7, 11) is -2.98. The number of hydrogen-bond acceptors (Lipinski definition) is 2. The van der Waals surface area contributed by atoms with Gasteiger partial charge in [-0.2, -0.15) is 0 Å². The molecule has 1 atom stereocenters. The van der Waals surface area contributed by atoms with Gasteiger partial charge < -0.3 is 9.61 Å². The van der Waals surface area contributed by atoms with Gasteiger partial charge in [0.05, 0.1) is 0 Å². The van der Waals surface area contributed by atoms with Gasteiger partial charge in [0.25, 0.3) is 0 Å². The fourth-order valence-electron chi connectivity index (χ4n) is 2.57. The summed E-state index contributed by atoms with van der Waals surface area (Å²) in [6.07, 6.45) is 0.976. The molecule has 3 nitrogen and oxygen atoms in total. The van der Waals surface area contributed by atoms with Crippen LogP contribution in [0, 0.1) is 20.8 Å². The van der Waals surface area contributed by atoms with Crippen molar-refractivity contribution in [2.45, 2.75) is 34.1 Å². The molecule has 0 fully saturated rings. The third kappa shape index (κ3) is 4.14. The highest BCUT2D eigenvalue weighted by atomic mass is 31.2. The first kappa shape index (κ1) is 16.6. The van der Waals surface area contributed by atoms with Gasteiger partial charge in [-0.1, -0.05) is 36.8 Å². The van der Waals surface area contributed by atoms with Crippen molar-refractivity contribution >= 4 is 13.2 Å². The molecular weight excluding hydrogens is 293 g/mol. The van der Waals surface area contributed by atoms with E-state index in [-0.39, 0.29) is 0 Å². The fourth-order valence-corrected chi connectivity index (χ4v) is 3.90. The highest BCUT2D eigenvalue weighted by molar-refractivity contribution is 7.60. The molecule has 22 heavy (non-hydrogen) atoms. The SMILES string of the molecule is CCc1ccc(O[P@@](C)(=O)Nc2c(C)cc(C)cc2C)cc1. The average Bonchev–Trinajstić information content (AvgIpc) is 2.43. The maximum atomic E-state index is 12.8. The Morgan fingerprint density at radius 3 is 2.09 bits per heavy atom. The Labute approximate surface area is 133 Å². The molecule has 2 aromatic carbocycles. The molecule has 2 rings (SSSR count). The van der Waals surface area contributed by atoms with Gasteiger partial charge in [0.1, 0.15) is 5.75 Å². The standard InChI is InChI=1S/C18H24NO2P/c1-6-16-7-9-17(10-8-16)21-22(5,20)19-18-14(3)11-13(2)12-15(18)4/h7-12H,6H2,1-5H3,(H,19,20)/t22-/m1/s1. The highest BCUT2D eigenvalue weighted by Gasteiger charge is 2.19. The van der Waals surface area contributed by atoms with Gasteiger partial charge in [0.2, 0.25) is 0 Å². The zero-order chi connectivity index (χ0) is 16.3. The molecule has 0 saturated heterocycles. The van der Waals surface area contributed by atoms with E-state index in [0.717, 1.165) is 23.2 Å². The minimum Gasteiger partial charge on any atom is -0.429 e. The maximum Gasteiger partial charge on any atom is 0.338 e. The van der Waals surface area contributed by atoms with Gasteiger partial charge in [0, 0.05) is 12.4 Å². The van der Waals surface area contributed by atoms with E-state index in [9.17, 15) is 4.57 Å². The predicted octanol–water partition coefficient (Wildman–Crippen LogP) is 5.49. The first-order chi connectivity index (χ1) is 10.3. The normalized spacial score (nSPS) is 13.5. The largest absolute Gasteiger partial charge is 0.429 e. The summed E-state index contributed by atoms with van der Waals surface area (Å²) in [6.45, 7) is 9.79. The zero-order valence-corrected chi connectivity index (χ0v) is 14.8. The lowest BCUT2D eigenvalue weighted by Gasteiger charge is -2.20. The molecule has 2 aromatic rings. The Morgan fingerprint density at radius 2 is 1.59 bits per heavy atom. The number of aryl methyl sites for hydroxylation is 4. The molecular formula is C18H24NO2P. The second-order valence-corrected chi connectivity index (χ2v) is 7.92. The van der Waals surface area contributed by atoms with Crippen molar-refractivity contribution in [3.05, 3.63) is 58.7 Å². The summed E-state index contributed by atoms with van der Waals surface area (Å²) in [4.78, 5) is 0. The summed E-state index contributed by atoms with van der Waals surface area (Å²) >= 11 is 0. The quantitative estimate of drug-likeness (QED) is 0.741. The lowest BCUT2D eigenvalue weighted by atomic mass is 10.1. The van der Waals surface area contributed by atoms with Crippen LogP contribution in [0.3, 0.4) is 0 Å². The number of rotatable bonds is 5. The second-order valence-electron chi connectivity index (χ2n) is 5.82. The van der Waals surface area contributed by atoms with Gasteiger partial charge in [-0.3, -0.25) is 4.57 Å². The van der Waals surface area contributed by atoms with Crippen molar-refractivity contribution in [1.29, 1.82) is 0 Å². The van der Waals surface area contributed by atoms with E-state index in [4.69, 9.17) is 4.52 Å². The maximum absolute atomic E-state index is 12.8. The van der Waals surface area contributed by atoms with Crippen molar-refractivity contribution in [1.82, 2.24) is 0 Å². The summed E-state index contributed by atoms with van der Waals surface area (Å²) in [5.41, 5.74) is 5.47. The Hall–Kier alpha value is -1.73. The summed E-state index contributed by atoms with van der Waals surface area (Å²) in [6, 6.07) is 11.9. The molecule has 0 aliphatic rings. The van der Waals surface area contributed by atoms with Gasteiger partial charge >= 0.3 is 7.52 Å². The Morgan fingerprint density at radius 1 is 1.05 bits per heavy atom. The molecule has 0 heterocycles. The van der Waals surface area contributed by atoms with Gasteiger partial charge in [-0.15, -0.1) is 0 Å². The molecule has 0 spiro atoms. The molecule has 0 aliphatic heterocycles. The third-order valence-corrected chi connectivity index (χ3v) is 4.79. The molecule has 0 aromatic heterocycles. The van der Waals surface area contributed by atoms with E-state index >= 15 is 0 Å². The number of nitrogens with one attached hydrogen (secondary N) is 1. The molecule has 0 radical (unpaired) electrons. The van der Waals surface area contributed by atoms with Crippen LogP contribution in [0.25, 0.3) is 0 Å². The lowest BCUT2D eigenvalue weighted by Crippen LogP contribution is -2.05. The number of benzene rings is 2. The van der Waals surface area contributed by atoms with Crippen LogP contribution >= 0.6 is 7.52 Å². The van der Waals surface area contributed by atoms with Crippen LogP contribution in [0.15, 0.2) is 36.4 Å². The summed E-state index contributed by atoms with van der Waals surface area (Å²) in [5, 5.41) is 3.09. The smallest absolute Gasteiger partial charge is 0.338 e. The van der Waals surface area contributed by atoms with Crippen molar-refractivity contribution in [3.63, 3.8) is 0 Å². The monoisotopic (exact) mass is 317 g/mol. The summed E-state index contributed by atoms with van der Waals surface area (Å²) < 4.78 is 18.5. The van der Waals surface area contributed by atoms with E-state index in [2.05, 4.69) is 31.1 Å². The zero-order valence-electron chi connectivity index (χ0n) is 13.9. The van der Waals surface area contributed by atoms with Crippen molar-refractivity contribution in [2.24, 2.45) is 0 Å². The van der Waals surface area contributed by atoms with Crippen LogP contribution in [0.1, 0.15) is 29.2 Å². The van der Waals surface area contributed by atoms with Crippen LogP contribution < -0.4 is 9.61 Å². The van der Waals surface area contributed by atoms with Crippen LogP contribution in [0.2, 0.25) is 0 Å². The topological polar surface area (TPSA) is 38.3 Å². The number of anilines is 1. The van der Waals surface area contributed by atoms with Crippen molar-refractivity contribution in [3.8, 4) is 5.75 Å². The third-order valence-electron chi connectivity index (χ3n) is 3.60. The minimum absolute atomic E-state index is 0.623. The van der Waals surface area contributed by atoms with Gasteiger partial charge in [-0.05, 0) is 56.0 Å². The molecule has 4 heteroatoms. The van der Waals surface area contributed by atoms with Gasteiger partial charge in [-0.25, -0.2) is 0 Å². The highest BCUT2D eigenvalue weighted by Crippen LogP contribution is 2.44. The molecule has 0 bridgehead atoms. The van der Waals surface area contributed by atoms with Crippen LogP contribution in [0.4, 0.5) is 5.69 Å². The van der Waals surface area contributed by atoms with Crippen molar-refractivity contribution < 1.29 is 9.09 Å². The minimum atomic E-state index is -2.98. The second kappa shape index (κ2) is 6.58. The lowest BCUT2D eigenvalue weighted by molar-refractivity contribution is 0.493. The van der Waals surface area contributed by atoms with Crippen LogP contribution in [-0.2, 0) is 11.0 Å². The first-order valence-corrected chi connectivity index (χ1v) is 9.60. The van der Waals surface area contributed by atoms with E-state index in [0.29, 0.717) is 5.75 Å². The molecule has 118 valence electrons. The molecule has 0 saturated carbocycles.